The number of amides is 1. The van der Waals surface area contributed by atoms with Crippen LogP contribution in [-0.2, 0) is 6.54 Å². The Hall–Kier alpha value is -2.18. The molecule has 2 aromatic heterocycles. The summed E-state index contributed by atoms with van der Waals surface area (Å²) in [5.74, 6) is 1.03. The molecular formula is C18H19N3O2S. The molecular weight excluding hydrogens is 322 g/mol. The molecule has 0 N–H and O–H groups in total. The lowest BCUT2D eigenvalue weighted by atomic mass is 10.1. The van der Waals surface area contributed by atoms with Gasteiger partial charge in [-0.25, -0.2) is 0 Å². The third-order valence-corrected chi connectivity index (χ3v) is 5.83. The van der Waals surface area contributed by atoms with Gasteiger partial charge in [-0.1, -0.05) is 23.4 Å². The Morgan fingerprint density at radius 2 is 2.00 bits per heavy atom. The molecule has 1 saturated heterocycles. The van der Waals surface area contributed by atoms with Crippen molar-refractivity contribution < 1.29 is 9.32 Å². The van der Waals surface area contributed by atoms with Crippen molar-refractivity contribution in [2.75, 3.05) is 26.2 Å². The van der Waals surface area contributed by atoms with Gasteiger partial charge in [-0.3, -0.25) is 9.69 Å². The van der Waals surface area contributed by atoms with E-state index in [2.05, 4.69) is 22.2 Å². The van der Waals surface area contributed by atoms with Crippen molar-refractivity contribution in [3.05, 3.63) is 52.7 Å². The Morgan fingerprint density at radius 3 is 2.71 bits per heavy atom. The van der Waals surface area contributed by atoms with E-state index in [0.29, 0.717) is 0 Å². The first kappa shape index (κ1) is 15.4. The summed E-state index contributed by atoms with van der Waals surface area (Å²) < 4.78 is 6.34. The maximum Gasteiger partial charge on any atom is 0.264 e. The van der Waals surface area contributed by atoms with Crippen LogP contribution in [0.4, 0.5) is 0 Å². The first-order valence-electron chi connectivity index (χ1n) is 8.11. The second-order valence-electron chi connectivity index (χ2n) is 6.10. The normalized spacial score (nSPS) is 16.0. The van der Waals surface area contributed by atoms with Gasteiger partial charge in [0.2, 0.25) is 0 Å². The van der Waals surface area contributed by atoms with Gasteiger partial charge in [0.25, 0.3) is 5.91 Å². The van der Waals surface area contributed by atoms with Crippen molar-refractivity contribution >= 4 is 27.3 Å². The van der Waals surface area contributed by atoms with E-state index >= 15 is 0 Å². The summed E-state index contributed by atoms with van der Waals surface area (Å²) in [6.07, 6.45) is 1.67. The van der Waals surface area contributed by atoms with Crippen molar-refractivity contribution in [3.8, 4) is 0 Å². The molecule has 5 nitrogen and oxygen atoms in total. The number of nitrogens with zero attached hydrogens (tertiary/aromatic N) is 3. The molecule has 0 aliphatic carbocycles. The Bertz CT molecular complexity index is 848. The van der Waals surface area contributed by atoms with Gasteiger partial charge in [0.05, 0.1) is 17.6 Å². The van der Waals surface area contributed by atoms with E-state index in [4.69, 9.17) is 4.52 Å². The third-order valence-electron chi connectivity index (χ3n) is 4.57. The van der Waals surface area contributed by atoms with Gasteiger partial charge in [0.1, 0.15) is 0 Å². The molecule has 4 rings (SSSR count). The van der Waals surface area contributed by atoms with Crippen molar-refractivity contribution in [2.45, 2.75) is 13.5 Å². The molecule has 0 bridgehead atoms. The highest BCUT2D eigenvalue weighted by atomic mass is 32.1. The number of fused-ring (bicyclic) bond motifs is 1. The zero-order valence-electron chi connectivity index (χ0n) is 13.6. The van der Waals surface area contributed by atoms with Crippen LogP contribution in [0.5, 0.6) is 0 Å². The second kappa shape index (κ2) is 6.37. The van der Waals surface area contributed by atoms with E-state index in [1.165, 1.54) is 10.1 Å². The van der Waals surface area contributed by atoms with Gasteiger partial charge in [0.15, 0.2) is 5.76 Å². The van der Waals surface area contributed by atoms with Gasteiger partial charge in [-0.05, 0) is 23.9 Å². The number of thiophene rings is 1. The summed E-state index contributed by atoms with van der Waals surface area (Å²) >= 11 is 1.60. The van der Waals surface area contributed by atoms with E-state index in [0.717, 1.165) is 48.9 Å². The minimum absolute atomic E-state index is 0.160. The fourth-order valence-electron chi connectivity index (χ4n) is 3.18. The number of carbonyl (C=O) groups is 1. The zero-order chi connectivity index (χ0) is 16.5. The number of benzene rings is 1. The number of aromatic nitrogens is 1. The van der Waals surface area contributed by atoms with Crippen molar-refractivity contribution in [1.29, 1.82) is 0 Å². The minimum Gasteiger partial charge on any atom is -0.360 e. The van der Waals surface area contributed by atoms with Gasteiger partial charge in [-0.15, -0.1) is 11.3 Å². The molecule has 1 aliphatic rings. The van der Waals surface area contributed by atoms with E-state index in [9.17, 15) is 4.79 Å². The van der Waals surface area contributed by atoms with Crippen LogP contribution in [0.2, 0.25) is 0 Å². The first-order valence-corrected chi connectivity index (χ1v) is 8.93. The summed E-state index contributed by atoms with van der Waals surface area (Å²) in [5, 5.41) is 4.93. The molecule has 6 heteroatoms. The zero-order valence-corrected chi connectivity index (χ0v) is 14.4. The van der Waals surface area contributed by atoms with E-state index in [-0.39, 0.29) is 5.91 Å². The van der Waals surface area contributed by atoms with Crippen molar-refractivity contribution in [2.24, 2.45) is 0 Å². The SMILES string of the molecule is Cc1c(C(=O)N2CCN(Cc3ccno3)CC2)sc2ccccc12. The Morgan fingerprint density at radius 1 is 1.21 bits per heavy atom. The standard InChI is InChI=1S/C18H19N3O2S/c1-13-15-4-2-3-5-16(15)24-17(13)18(22)21-10-8-20(9-11-21)12-14-6-7-19-23-14/h2-7H,8-12H2,1H3. The summed E-state index contributed by atoms with van der Waals surface area (Å²) in [6, 6.07) is 10.1. The molecule has 0 spiro atoms. The van der Waals surface area contributed by atoms with Gasteiger partial charge in [0, 0.05) is 36.9 Å². The predicted molar refractivity (Wildman–Crippen MR) is 94.2 cm³/mol. The van der Waals surface area contributed by atoms with Crippen LogP contribution in [0, 0.1) is 6.92 Å². The van der Waals surface area contributed by atoms with Crippen LogP contribution >= 0.6 is 11.3 Å². The quantitative estimate of drug-likeness (QED) is 0.734. The fourth-order valence-corrected chi connectivity index (χ4v) is 4.35. The number of hydrogen-bond acceptors (Lipinski definition) is 5. The van der Waals surface area contributed by atoms with Crippen molar-refractivity contribution in [1.82, 2.24) is 15.0 Å². The molecule has 24 heavy (non-hydrogen) atoms. The highest BCUT2D eigenvalue weighted by Crippen LogP contribution is 2.31. The number of carbonyl (C=O) groups excluding carboxylic acids is 1. The molecule has 0 atom stereocenters. The lowest BCUT2D eigenvalue weighted by Gasteiger charge is -2.34. The molecule has 0 saturated carbocycles. The molecule has 1 aliphatic heterocycles. The molecule has 3 aromatic rings. The van der Waals surface area contributed by atoms with Crippen LogP contribution in [0.1, 0.15) is 21.0 Å². The highest BCUT2D eigenvalue weighted by Gasteiger charge is 2.25. The number of aryl methyl sites for hydroxylation is 1. The summed E-state index contributed by atoms with van der Waals surface area (Å²) in [4.78, 5) is 18.0. The van der Waals surface area contributed by atoms with E-state index in [1.54, 1.807) is 17.5 Å². The van der Waals surface area contributed by atoms with Crippen LogP contribution in [0.25, 0.3) is 10.1 Å². The molecule has 1 aromatic carbocycles. The number of hydrogen-bond donors (Lipinski definition) is 0. The van der Waals surface area contributed by atoms with Crippen molar-refractivity contribution in [3.63, 3.8) is 0 Å². The smallest absolute Gasteiger partial charge is 0.264 e. The minimum atomic E-state index is 0.160. The lowest BCUT2D eigenvalue weighted by molar-refractivity contribution is 0.0621. The Kier molecular flexibility index (Phi) is 4.08. The average molecular weight is 341 g/mol. The van der Waals surface area contributed by atoms with Crippen LogP contribution in [-0.4, -0.2) is 47.0 Å². The summed E-state index contributed by atoms with van der Waals surface area (Å²) in [7, 11) is 0. The Balaban J connectivity index is 1.45. The average Bonchev–Trinajstić information content (AvgIpc) is 3.23. The van der Waals surface area contributed by atoms with Crippen LogP contribution in [0.15, 0.2) is 41.1 Å². The maximum atomic E-state index is 12.9. The van der Waals surface area contributed by atoms with E-state index in [1.807, 2.05) is 30.0 Å². The molecule has 3 heterocycles. The summed E-state index contributed by atoms with van der Waals surface area (Å²) in [5.41, 5.74) is 1.10. The molecule has 0 unspecified atom stereocenters. The predicted octanol–water partition coefficient (Wildman–Crippen LogP) is 3.16. The molecule has 0 radical (unpaired) electrons. The summed E-state index contributed by atoms with van der Waals surface area (Å²) in [6.45, 7) is 6.02. The topological polar surface area (TPSA) is 49.6 Å². The third kappa shape index (κ3) is 2.83. The Labute approximate surface area is 144 Å². The van der Waals surface area contributed by atoms with Gasteiger partial charge in [-0.2, -0.15) is 0 Å². The monoisotopic (exact) mass is 341 g/mol. The second-order valence-corrected chi connectivity index (χ2v) is 7.15. The highest BCUT2D eigenvalue weighted by molar-refractivity contribution is 7.21. The van der Waals surface area contributed by atoms with Crippen LogP contribution < -0.4 is 0 Å². The first-order chi connectivity index (χ1) is 11.7. The number of piperazine rings is 1. The van der Waals surface area contributed by atoms with E-state index < -0.39 is 0 Å². The maximum absolute atomic E-state index is 12.9. The fraction of sp³-hybridized carbons (Fsp3) is 0.333. The van der Waals surface area contributed by atoms with Gasteiger partial charge >= 0.3 is 0 Å². The molecule has 124 valence electrons. The lowest BCUT2D eigenvalue weighted by Crippen LogP contribution is -2.48. The number of rotatable bonds is 3. The molecule has 1 amide bonds. The van der Waals surface area contributed by atoms with Gasteiger partial charge < -0.3 is 9.42 Å². The van der Waals surface area contributed by atoms with Crippen LogP contribution in [0.3, 0.4) is 0 Å². The molecule has 1 fully saturated rings. The largest absolute Gasteiger partial charge is 0.360 e.